The molecule has 0 saturated heterocycles. The van der Waals surface area contributed by atoms with E-state index in [0.29, 0.717) is 16.8 Å². The fraction of sp³-hybridized carbons (Fsp3) is 0.333. The van der Waals surface area contributed by atoms with E-state index in [-0.39, 0.29) is 23.6 Å². The van der Waals surface area contributed by atoms with E-state index < -0.39 is 17.9 Å². The van der Waals surface area contributed by atoms with Crippen molar-refractivity contribution in [1.82, 2.24) is 9.55 Å². The number of ketones is 2. The van der Waals surface area contributed by atoms with Crippen molar-refractivity contribution in [1.29, 1.82) is 0 Å². The predicted octanol–water partition coefficient (Wildman–Crippen LogP) is 1.81. The Morgan fingerprint density at radius 3 is 2.48 bits per heavy atom. The van der Waals surface area contributed by atoms with Crippen molar-refractivity contribution in [3.8, 4) is 0 Å². The molecule has 0 aromatic carbocycles. The number of rotatable bonds is 6. The highest BCUT2D eigenvalue weighted by molar-refractivity contribution is 6.05. The third-order valence-corrected chi connectivity index (χ3v) is 3.91. The fourth-order valence-corrected chi connectivity index (χ4v) is 2.75. The number of carbonyl (C=O) groups excluding carboxylic acids is 3. The molecule has 0 saturated carbocycles. The first-order valence-electron chi connectivity index (χ1n) is 7.81. The second-order valence-corrected chi connectivity index (χ2v) is 5.84. The molecule has 25 heavy (non-hydrogen) atoms. The summed E-state index contributed by atoms with van der Waals surface area (Å²) in [6.07, 6.45) is 0.428. The quantitative estimate of drug-likeness (QED) is 0.636. The lowest BCUT2D eigenvalue weighted by Gasteiger charge is -2.13. The van der Waals surface area contributed by atoms with Crippen molar-refractivity contribution >= 4 is 17.5 Å². The molecule has 0 spiro atoms. The number of aryl methyl sites for hydroxylation is 1. The van der Waals surface area contributed by atoms with Gasteiger partial charge in [0, 0.05) is 23.5 Å². The van der Waals surface area contributed by atoms with Gasteiger partial charge in [0.05, 0.1) is 5.69 Å². The van der Waals surface area contributed by atoms with E-state index >= 15 is 0 Å². The topological polar surface area (TPSA) is 98.2 Å². The van der Waals surface area contributed by atoms with Gasteiger partial charge in [-0.3, -0.25) is 19.2 Å². The Morgan fingerprint density at radius 2 is 1.92 bits per heavy atom. The first-order valence-corrected chi connectivity index (χ1v) is 7.81. The van der Waals surface area contributed by atoms with Crippen LogP contribution in [0.25, 0.3) is 0 Å². The third kappa shape index (κ3) is 3.93. The van der Waals surface area contributed by atoms with Gasteiger partial charge in [-0.2, -0.15) is 0 Å². The van der Waals surface area contributed by atoms with Crippen LogP contribution in [0.3, 0.4) is 0 Å². The lowest BCUT2D eigenvalue weighted by atomic mass is 10.0. The number of Topliss-reactive ketones (excluding diaryl/α,β-unsaturated/α-hetero) is 2. The summed E-state index contributed by atoms with van der Waals surface area (Å²) in [5.74, 6) is -1.26. The standard InChI is InChI=1S/C18H20N2O5/c1-10-16(12(3)21)11(2)19-17(10)18(24)13(4)25-15(23)9-20-8-6-5-7-14(20)22/h5-8,13,19H,9H2,1-4H3/t13-/m1/s1. The molecule has 0 unspecified atom stereocenters. The number of H-pyrrole nitrogens is 1. The van der Waals surface area contributed by atoms with E-state index in [1.165, 1.54) is 30.7 Å². The Hall–Kier alpha value is -2.96. The number of esters is 1. The number of aromatic amines is 1. The number of hydrogen-bond donors (Lipinski definition) is 1. The molecule has 0 fully saturated rings. The first kappa shape index (κ1) is 18.4. The molecule has 2 heterocycles. The average Bonchev–Trinajstić information content (AvgIpc) is 2.83. The van der Waals surface area contributed by atoms with Crippen molar-refractivity contribution in [3.05, 3.63) is 57.3 Å². The van der Waals surface area contributed by atoms with Crippen LogP contribution in [0, 0.1) is 13.8 Å². The molecule has 7 heteroatoms. The minimum Gasteiger partial charge on any atom is -0.453 e. The maximum atomic E-state index is 12.5. The van der Waals surface area contributed by atoms with Gasteiger partial charge in [-0.15, -0.1) is 0 Å². The molecule has 1 atom stereocenters. The van der Waals surface area contributed by atoms with Gasteiger partial charge >= 0.3 is 5.97 Å². The normalized spacial score (nSPS) is 11.8. The van der Waals surface area contributed by atoms with E-state index in [2.05, 4.69) is 4.98 Å². The Bertz CT molecular complexity index is 891. The van der Waals surface area contributed by atoms with Crippen molar-refractivity contribution < 1.29 is 19.1 Å². The number of aromatic nitrogens is 2. The van der Waals surface area contributed by atoms with Crippen LogP contribution >= 0.6 is 0 Å². The van der Waals surface area contributed by atoms with Crippen LogP contribution in [-0.2, 0) is 16.1 Å². The van der Waals surface area contributed by atoms with Gasteiger partial charge in [0.2, 0.25) is 5.78 Å². The molecule has 0 aliphatic carbocycles. The molecular formula is C18H20N2O5. The molecule has 132 valence electrons. The molecule has 0 aliphatic heterocycles. The molecular weight excluding hydrogens is 324 g/mol. The van der Waals surface area contributed by atoms with Crippen LogP contribution in [0.5, 0.6) is 0 Å². The Labute approximate surface area is 144 Å². The van der Waals surface area contributed by atoms with Gasteiger partial charge in [0.1, 0.15) is 6.54 Å². The van der Waals surface area contributed by atoms with E-state index in [1.807, 2.05) is 0 Å². The summed E-state index contributed by atoms with van der Waals surface area (Å²) in [6.45, 7) is 5.98. The smallest absolute Gasteiger partial charge is 0.326 e. The monoisotopic (exact) mass is 344 g/mol. The molecule has 1 N–H and O–H groups in total. The lowest BCUT2D eigenvalue weighted by Crippen LogP contribution is -2.30. The highest BCUT2D eigenvalue weighted by atomic mass is 16.5. The van der Waals surface area contributed by atoms with Crippen molar-refractivity contribution in [2.45, 2.75) is 40.3 Å². The van der Waals surface area contributed by atoms with Crippen LogP contribution in [0.4, 0.5) is 0 Å². The van der Waals surface area contributed by atoms with E-state index in [1.54, 1.807) is 26.0 Å². The van der Waals surface area contributed by atoms with Gasteiger partial charge in [-0.25, -0.2) is 0 Å². The first-order chi connectivity index (χ1) is 11.7. The minimum absolute atomic E-state index is 0.140. The van der Waals surface area contributed by atoms with Gasteiger partial charge in [0.25, 0.3) is 5.56 Å². The molecule has 2 aromatic rings. The molecule has 2 rings (SSSR count). The van der Waals surface area contributed by atoms with Crippen molar-refractivity contribution in [2.24, 2.45) is 0 Å². The van der Waals surface area contributed by atoms with E-state index in [0.717, 1.165) is 0 Å². The van der Waals surface area contributed by atoms with Crippen molar-refractivity contribution in [3.63, 3.8) is 0 Å². The number of nitrogens with one attached hydrogen (secondary N) is 1. The number of pyridine rings is 1. The van der Waals surface area contributed by atoms with Crippen LogP contribution in [0.2, 0.25) is 0 Å². The Morgan fingerprint density at radius 1 is 1.24 bits per heavy atom. The highest BCUT2D eigenvalue weighted by Gasteiger charge is 2.26. The fourth-order valence-electron chi connectivity index (χ4n) is 2.75. The summed E-state index contributed by atoms with van der Waals surface area (Å²) in [4.78, 5) is 50.6. The SMILES string of the molecule is CC(=O)c1c(C)[nH]c(C(=O)[C@@H](C)OC(=O)Cn2ccccc2=O)c1C. The van der Waals surface area contributed by atoms with Crippen LogP contribution in [0.15, 0.2) is 29.2 Å². The summed E-state index contributed by atoms with van der Waals surface area (Å²) in [7, 11) is 0. The second kappa shape index (κ2) is 7.29. The molecule has 0 bridgehead atoms. The van der Waals surface area contributed by atoms with Crippen LogP contribution in [0.1, 0.15) is 46.0 Å². The number of hydrogen-bond acceptors (Lipinski definition) is 5. The Balaban J connectivity index is 2.12. The zero-order chi connectivity index (χ0) is 18.7. The number of ether oxygens (including phenoxy) is 1. The second-order valence-electron chi connectivity index (χ2n) is 5.84. The van der Waals surface area contributed by atoms with Gasteiger partial charge in [-0.1, -0.05) is 6.07 Å². The minimum atomic E-state index is -1.04. The molecule has 2 aromatic heterocycles. The van der Waals surface area contributed by atoms with E-state index in [4.69, 9.17) is 4.74 Å². The summed E-state index contributed by atoms with van der Waals surface area (Å²) in [5, 5.41) is 0. The maximum absolute atomic E-state index is 12.5. The van der Waals surface area contributed by atoms with Gasteiger partial charge in [0.15, 0.2) is 11.9 Å². The van der Waals surface area contributed by atoms with E-state index in [9.17, 15) is 19.2 Å². The predicted molar refractivity (Wildman–Crippen MR) is 90.9 cm³/mol. The highest BCUT2D eigenvalue weighted by Crippen LogP contribution is 2.20. The Kier molecular flexibility index (Phi) is 5.36. The number of carbonyl (C=O) groups is 3. The largest absolute Gasteiger partial charge is 0.453 e. The molecule has 0 amide bonds. The summed E-state index contributed by atoms with van der Waals surface area (Å²) < 4.78 is 6.33. The molecule has 0 aliphatic rings. The molecule has 7 nitrogen and oxygen atoms in total. The van der Waals surface area contributed by atoms with Crippen LogP contribution < -0.4 is 5.56 Å². The zero-order valence-corrected chi connectivity index (χ0v) is 14.6. The maximum Gasteiger partial charge on any atom is 0.326 e. The van der Waals surface area contributed by atoms with Crippen molar-refractivity contribution in [2.75, 3.05) is 0 Å². The lowest BCUT2D eigenvalue weighted by molar-refractivity contribution is -0.147. The molecule has 0 radical (unpaired) electrons. The average molecular weight is 344 g/mol. The van der Waals surface area contributed by atoms with Gasteiger partial charge in [-0.05, 0) is 39.3 Å². The summed E-state index contributed by atoms with van der Waals surface area (Å²) in [6, 6.07) is 4.52. The summed E-state index contributed by atoms with van der Waals surface area (Å²) in [5.41, 5.74) is 1.53. The van der Waals surface area contributed by atoms with Crippen LogP contribution in [-0.4, -0.2) is 33.2 Å². The third-order valence-electron chi connectivity index (χ3n) is 3.91. The summed E-state index contributed by atoms with van der Waals surface area (Å²) >= 11 is 0. The van der Waals surface area contributed by atoms with Gasteiger partial charge < -0.3 is 14.3 Å². The zero-order valence-electron chi connectivity index (χ0n) is 14.6. The number of nitrogens with zero attached hydrogens (tertiary/aromatic N) is 1.